The third-order valence-corrected chi connectivity index (χ3v) is 6.53. The number of nitrogens with two attached hydrogens (primary N) is 1. The van der Waals surface area contributed by atoms with Gasteiger partial charge in [0, 0.05) is 37.9 Å². The van der Waals surface area contributed by atoms with Gasteiger partial charge in [-0.15, -0.1) is 0 Å². The van der Waals surface area contributed by atoms with Crippen LogP contribution in [0.15, 0.2) is 11.0 Å². The van der Waals surface area contributed by atoms with Crippen molar-refractivity contribution in [3.8, 4) is 0 Å². The van der Waals surface area contributed by atoms with Crippen molar-refractivity contribution in [3.63, 3.8) is 0 Å². The number of benzene rings is 1. The van der Waals surface area contributed by atoms with E-state index in [0.717, 1.165) is 6.20 Å². The Hall–Kier alpha value is -2.33. The summed E-state index contributed by atoms with van der Waals surface area (Å²) in [5, 5.41) is 8.91. The summed E-state index contributed by atoms with van der Waals surface area (Å²) in [6, 6.07) is -0.294. The molecule has 1 unspecified atom stereocenters. The van der Waals surface area contributed by atoms with E-state index in [9.17, 15) is 19.6 Å². The van der Waals surface area contributed by atoms with Crippen LogP contribution in [-0.4, -0.2) is 56.4 Å². The minimum Gasteiger partial charge on any atom is -0.477 e. The molecule has 0 bridgehead atoms. The Morgan fingerprint density at radius 1 is 1.27 bits per heavy atom. The van der Waals surface area contributed by atoms with Crippen molar-refractivity contribution in [1.29, 1.82) is 0 Å². The smallest absolute Gasteiger partial charge is 0.341 e. The molecule has 2 aromatic rings. The second-order valence-electron chi connectivity index (χ2n) is 7.52. The molecule has 0 spiro atoms. The fourth-order valence-electron chi connectivity index (χ4n) is 3.93. The Bertz CT molecular complexity index is 1080. The number of aromatic nitrogens is 1. The lowest BCUT2D eigenvalue weighted by Crippen LogP contribution is -2.49. The number of pyridine rings is 1. The summed E-state index contributed by atoms with van der Waals surface area (Å²) in [7, 11) is -0.398. The number of carboxylic acid groups (broad SMARTS) is 1. The van der Waals surface area contributed by atoms with E-state index in [1.165, 1.54) is 9.47 Å². The molecular formula is C18H23F2N4O5P. The standard InChI is InChI=1S/C18H21F2N4O4P.H2O/c1-8-6-22(4-5-24(8)29-28)16-12(19)14(21)11-15(13(16)20)23(9-2-3-9)7-10(17(11)25)18(26)27;/h7-9,28-29H,2-6,21H2,1H3,(H,26,27);1H2/t8-;/m0./s1. The van der Waals surface area contributed by atoms with Crippen LogP contribution in [0.3, 0.4) is 0 Å². The van der Waals surface area contributed by atoms with Gasteiger partial charge in [0.2, 0.25) is 5.43 Å². The Morgan fingerprint density at radius 2 is 1.93 bits per heavy atom. The van der Waals surface area contributed by atoms with Crippen LogP contribution < -0.4 is 16.1 Å². The first-order valence-electron chi connectivity index (χ1n) is 9.26. The van der Waals surface area contributed by atoms with Crippen molar-refractivity contribution in [3.05, 3.63) is 33.6 Å². The predicted molar refractivity (Wildman–Crippen MR) is 110 cm³/mol. The highest BCUT2D eigenvalue weighted by Gasteiger charge is 2.34. The summed E-state index contributed by atoms with van der Waals surface area (Å²) in [4.78, 5) is 35.1. The maximum absolute atomic E-state index is 15.7. The lowest BCUT2D eigenvalue weighted by atomic mass is 10.1. The van der Waals surface area contributed by atoms with E-state index >= 15 is 8.78 Å². The zero-order valence-corrected chi connectivity index (χ0v) is 17.2. The number of carbonyl (C=O) groups is 1. The lowest BCUT2D eigenvalue weighted by Gasteiger charge is -2.40. The van der Waals surface area contributed by atoms with Crippen LogP contribution in [0.1, 0.15) is 36.2 Å². The van der Waals surface area contributed by atoms with Crippen molar-refractivity contribution in [2.45, 2.75) is 31.8 Å². The fourth-order valence-corrected chi connectivity index (χ4v) is 4.41. The molecule has 2 heterocycles. The molecule has 1 saturated carbocycles. The largest absolute Gasteiger partial charge is 0.477 e. The Kier molecular flexibility index (Phi) is 6.01. The van der Waals surface area contributed by atoms with Gasteiger partial charge >= 0.3 is 5.97 Å². The number of anilines is 2. The molecule has 2 aliphatic rings. The second-order valence-corrected chi connectivity index (χ2v) is 8.29. The van der Waals surface area contributed by atoms with Gasteiger partial charge in [0.1, 0.15) is 11.3 Å². The number of nitrogens with zero attached hydrogens (tertiary/aromatic N) is 3. The van der Waals surface area contributed by atoms with Gasteiger partial charge in [0.15, 0.2) is 11.6 Å². The number of hydrogen-bond donors (Lipinski definition) is 3. The third-order valence-electron chi connectivity index (χ3n) is 5.61. The molecular weight excluding hydrogens is 421 g/mol. The van der Waals surface area contributed by atoms with E-state index in [4.69, 9.17) is 5.73 Å². The maximum Gasteiger partial charge on any atom is 0.341 e. The molecule has 2 fully saturated rings. The highest BCUT2D eigenvalue weighted by Crippen LogP contribution is 2.42. The minimum absolute atomic E-state index is 0. The van der Waals surface area contributed by atoms with Crippen LogP contribution in [0, 0.1) is 11.6 Å². The monoisotopic (exact) mass is 444 g/mol. The first-order valence-corrected chi connectivity index (χ1v) is 10.2. The normalized spacial score (nSPS) is 20.1. The Morgan fingerprint density at radius 3 is 2.47 bits per heavy atom. The van der Waals surface area contributed by atoms with Gasteiger partial charge < -0.3 is 30.7 Å². The molecule has 30 heavy (non-hydrogen) atoms. The third kappa shape index (κ3) is 3.41. The lowest BCUT2D eigenvalue weighted by molar-refractivity contribution is 0.0694. The number of nitrogen functional groups attached to an aromatic ring is 1. The SMILES string of the molecule is C[C@H]1CN(c2c(F)c(N)c3c(=O)c(C(=O)O)cn(C4CC4)c3c2F)CCN1PO.O. The molecule has 4 rings (SSSR count). The number of halogens is 2. The molecule has 12 heteroatoms. The number of fused-ring (bicyclic) bond motifs is 1. The molecule has 9 nitrogen and oxygen atoms in total. The van der Waals surface area contributed by atoms with E-state index in [0.29, 0.717) is 19.4 Å². The van der Waals surface area contributed by atoms with Crippen LogP contribution in [0.5, 0.6) is 0 Å². The Labute approximate surface area is 171 Å². The summed E-state index contributed by atoms with van der Waals surface area (Å²) < 4.78 is 34.0. The van der Waals surface area contributed by atoms with Crippen molar-refractivity contribution in [1.82, 2.24) is 9.24 Å². The number of aromatic carboxylic acids is 1. The average Bonchev–Trinajstić information content (AvgIpc) is 3.51. The zero-order chi connectivity index (χ0) is 21.0. The molecule has 1 aromatic heterocycles. The van der Waals surface area contributed by atoms with Crippen LogP contribution in [0.25, 0.3) is 10.9 Å². The van der Waals surface area contributed by atoms with Crippen LogP contribution in [0.4, 0.5) is 20.2 Å². The molecule has 1 aliphatic carbocycles. The van der Waals surface area contributed by atoms with E-state index in [2.05, 4.69) is 0 Å². The summed E-state index contributed by atoms with van der Waals surface area (Å²) >= 11 is 0. The molecule has 1 aliphatic heterocycles. The van der Waals surface area contributed by atoms with Crippen molar-refractivity contribution in [2.75, 3.05) is 30.3 Å². The Balaban J connectivity index is 0.00000256. The molecule has 1 saturated heterocycles. The number of carboxylic acids is 1. The number of rotatable bonds is 4. The molecule has 6 N–H and O–H groups in total. The van der Waals surface area contributed by atoms with Crippen molar-refractivity contribution in [2.24, 2.45) is 0 Å². The van der Waals surface area contributed by atoms with Gasteiger partial charge in [-0.3, -0.25) is 9.46 Å². The molecule has 1 aromatic carbocycles. The van der Waals surface area contributed by atoms with E-state index in [-0.39, 0.29) is 41.9 Å². The predicted octanol–water partition coefficient (Wildman–Crippen LogP) is 1.08. The van der Waals surface area contributed by atoms with Crippen molar-refractivity contribution >= 4 is 37.2 Å². The quantitative estimate of drug-likeness (QED) is 0.473. The summed E-state index contributed by atoms with van der Waals surface area (Å²) in [6.07, 6.45) is 2.54. The molecule has 164 valence electrons. The fraction of sp³-hybridized carbons (Fsp3) is 0.444. The van der Waals surface area contributed by atoms with Crippen LogP contribution >= 0.6 is 8.96 Å². The second kappa shape index (κ2) is 8.07. The zero-order valence-electron chi connectivity index (χ0n) is 16.2. The van der Waals surface area contributed by atoms with E-state index in [1.807, 2.05) is 6.92 Å². The highest BCUT2D eigenvalue weighted by molar-refractivity contribution is 7.28. The summed E-state index contributed by atoms with van der Waals surface area (Å²) in [5.74, 6) is -3.45. The van der Waals surface area contributed by atoms with E-state index < -0.39 is 48.6 Å². The maximum atomic E-state index is 15.7. The number of piperazine rings is 1. The van der Waals surface area contributed by atoms with Gasteiger partial charge in [0.05, 0.1) is 25.5 Å². The molecule has 2 atom stereocenters. The average molecular weight is 444 g/mol. The van der Waals surface area contributed by atoms with Crippen molar-refractivity contribution < 1.29 is 29.1 Å². The topological polar surface area (TPSA) is 144 Å². The van der Waals surface area contributed by atoms with Crippen LogP contribution in [0.2, 0.25) is 0 Å². The van der Waals surface area contributed by atoms with Gasteiger partial charge in [-0.25, -0.2) is 13.6 Å². The first-order chi connectivity index (χ1) is 13.8. The van der Waals surface area contributed by atoms with Gasteiger partial charge in [-0.05, 0) is 19.8 Å². The van der Waals surface area contributed by atoms with Crippen LogP contribution in [-0.2, 0) is 0 Å². The minimum atomic E-state index is -1.47. The van der Waals surface area contributed by atoms with Gasteiger partial charge in [-0.1, -0.05) is 0 Å². The molecule has 0 amide bonds. The van der Waals surface area contributed by atoms with E-state index in [1.54, 1.807) is 4.67 Å². The summed E-state index contributed by atoms with van der Waals surface area (Å²) in [5.41, 5.74) is 3.34. The summed E-state index contributed by atoms with van der Waals surface area (Å²) in [6.45, 7) is 2.81. The van der Waals surface area contributed by atoms with Gasteiger partial charge in [0.25, 0.3) is 0 Å². The number of hydrogen-bond acceptors (Lipinski definition) is 6. The first kappa shape index (κ1) is 22.4. The highest BCUT2D eigenvalue weighted by atomic mass is 31.1. The molecule has 0 radical (unpaired) electrons. The van der Waals surface area contributed by atoms with Gasteiger partial charge in [-0.2, -0.15) is 0 Å².